The van der Waals surface area contributed by atoms with Crippen LogP contribution in [-0.4, -0.2) is 37.8 Å². The maximum atomic E-state index is 12.2. The van der Waals surface area contributed by atoms with E-state index in [0.29, 0.717) is 16.5 Å². The summed E-state index contributed by atoms with van der Waals surface area (Å²) in [7, 11) is 2.47. The number of rotatable bonds is 7. The molecule has 0 bridgehead atoms. The molecule has 6 nitrogen and oxygen atoms in total. The summed E-state index contributed by atoms with van der Waals surface area (Å²) < 4.78 is 9.34. The molecule has 0 spiro atoms. The zero-order chi connectivity index (χ0) is 19.8. The molecule has 0 aliphatic heterocycles. The minimum absolute atomic E-state index is 0.143. The number of ether oxygens (including phenoxy) is 2. The van der Waals surface area contributed by atoms with Gasteiger partial charge in [-0.2, -0.15) is 0 Å². The van der Waals surface area contributed by atoms with Gasteiger partial charge in [0.1, 0.15) is 0 Å². The van der Waals surface area contributed by atoms with E-state index in [1.54, 1.807) is 12.1 Å². The maximum absolute atomic E-state index is 12.2. The topological polar surface area (TPSA) is 81.7 Å². The van der Waals surface area contributed by atoms with E-state index in [-0.39, 0.29) is 22.8 Å². The Bertz CT molecular complexity index is 804. The molecule has 0 saturated carbocycles. The van der Waals surface area contributed by atoms with E-state index in [2.05, 4.69) is 14.8 Å². The highest BCUT2D eigenvalue weighted by Gasteiger charge is 2.15. The number of anilines is 1. The average molecular weight is 408 g/mol. The predicted molar refractivity (Wildman–Crippen MR) is 105 cm³/mol. The molecule has 0 radical (unpaired) electrons. The number of hydrogen-bond acceptors (Lipinski definition) is 6. The number of carbonyl (C=O) groups excluding carboxylic acids is 3. The zero-order valence-corrected chi connectivity index (χ0v) is 16.4. The van der Waals surface area contributed by atoms with Crippen molar-refractivity contribution in [3.63, 3.8) is 0 Å². The fourth-order valence-electron chi connectivity index (χ4n) is 2.21. The van der Waals surface area contributed by atoms with Crippen molar-refractivity contribution in [3.8, 4) is 0 Å². The molecule has 0 fully saturated rings. The molecule has 0 unspecified atom stereocenters. The normalized spacial score (nSPS) is 10.2. The molecule has 0 aliphatic carbocycles. The van der Waals surface area contributed by atoms with Gasteiger partial charge in [-0.1, -0.05) is 23.7 Å². The van der Waals surface area contributed by atoms with Crippen LogP contribution in [0, 0.1) is 0 Å². The predicted octanol–water partition coefficient (Wildman–Crippen LogP) is 3.79. The molecule has 0 aliphatic rings. The third-order valence-corrected chi connectivity index (χ3v) is 4.73. The molecular formula is C19H18ClNO5S. The van der Waals surface area contributed by atoms with Crippen molar-refractivity contribution in [1.82, 2.24) is 0 Å². The summed E-state index contributed by atoms with van der Waals surface area (Å²) in [5.74, 6) is -0.632. The summed E-state index contributed by atoms with van der Waals surface area (Å²) in [6.45, 7) is 0. The second-order valence-corrected chi connectivity index (χ2v) is 6.87. The van der Waals surface area contributed by atoms with Crippen LogP contribution in [0.2, 0.25) is 5.02 Å². The molecular weight excluding hydrogens is 390 g/mol. The Hall–Kier alpha value is -2.51. The van der Waals surface area contributed by atoms with Crippen LogP contribution in [0.3, 0.4) is 0 Å². The van der Waals surface area contributed by atoms with E-state index in [1.807, 2.05) is 12.1 Å². The third-order valence-electron chi connectivity index (χ3n) is 3.47. The summed E-state index contributed by atoms with van der Waals surface area (Å²) in [6.07, 6.45) is 0. The Morgan fingerprint density at radius 2 is 1.52 bits per heavy atom. The summed E-state index contributed by atoms with van der Waals surface area (Å²) in [6, 6.07) is 11.6. The monoisotopic (exact) mass is 407 g/mol. The first-order chi connectivity index (χ1) is 12.9. The molecule has 0 saturated heterocycles. The number of carbonyl (C=O) groups is 3. The molecule has 142 valence electrons. The SMILES string of the molecule is COC(=O)c1cc(NC(=O)CSCc2ccc(Cl)cc2)cc(C(=O)OC)c1. The van der Waals surface area contributed by atoms with Gasteiger partial charge in [-0.25, -0.2) is 9.59 Å². The highest BCUT2D eigenvalue weighted by Crippen LogP contribution is 2.19. The van der Waals surface area contributed by atoms with Gasteiger partial charge >= 0.3 is 11.9 Å². The van der Waals surface area contributed by atoms with Crippen molar-refractivity contribution >= 4 is 46.9 Å². The number of thioether (sulfide) groups is 1. The molecule has 8 heteroatoms. The van der Waals surface area contributed by atoms with Gasteiger partial charge in [-0.15, -0.1) is 11.8 Å². The lowest BCUT2D eigenvalue weighted by atomic mass is 10.1. The lowest BCUT2D eigenvalue weighted by Crippen LogP contribution is -2.16. The maximum Gasteiger partial charge on any atom is 0.337 e. The quantitative estimate of drug-likeness (QED) is 0.703. The molecule has 2 rings (SSSR count). The van der Waals surface area contributed by atoms with Gasteiger partial charge in [0, 0.05) is 16.5 Å². The Morgan fingerprint density at radius 1 is 0.963 bits per heavy atom. The van der Waals surface area contributed by atoms with Crippen LogP contribution in [0.25, 0.3) is 0 Å². The van der Waals surface area contributed by atoms with E-state index in [9.17, 15) is 14.4 Å². The Kier molecular flexibility index (Phi) is 7.69. The number of amides is 1. The van der Waals surface area contributed by atoms with Crippen LogP contribution >= 0.6 is 23.4 Å². The standard InChI is InChI=1S/C19H18ClNO5S/c1-25-18(23)13-7-14(19(24)26-2)9-16(8-13)21-17(22)11-27-10-12-3-5-15(20)6-4-12/h3-9H,10-11H2,1-2H3,(H,21,22). The van der Waals surface area contributed by atoms with Gasteiger partial charge in [-0.05, 0) is 35.9 Å². The van der Waals surface area contributed by atoms with Gasteiger partial charge in [0.15, 0.2) is 0 Å². The molecule has 27 heavy (non-hydrogen) atoms. The van der Waals surface area contributed by atoms with Crippen molar-refractivity contribution in [2.24, 2.45) is 0 Å². The fraction of sp³-hybridized carbons (Fsp3) is 0.211. The average Bonchev–Trinajstić information content (AvgIpc) is 2.67. The van der Waals surface area contributed by atoms with Crippen LogP contribution in [-0.2, 0) is 20.0 Å². The lowest BCUT2D eigenvalue weighted by molar-refractivity contribution is -0.113. The molecule has 1 N–H and O–H groups in total. The summed E-state index contributed by atoms with van der Waals surface area (Å²) in [5.41, 5.74) is 1.65. The lowest BCUT2D eigenvalue weighted by Gasteiger charge is -2.09. The van der Waals surface area contributed by atoms with Crippen molar-refractivity contribution < 1.29 is 23.9 Å². The summed E-state index contributed by atoms with van der Waals surface area (Å²) >= 11 is 7.27. The molecule has 2 aromatic carbocycles. The first kappa shape index (κ1) is 20.8. The minimum Gasteiger partial charge on any atom is -0.465 e. The van der Waals surface area contributed by atoms with E-state index in [4.69, 9.17) is 11.6 Å². The van der Waals surface area contributed by atoms with Gasteiger partial charge in [0.25, 0.3) is 0 Å². The highest BCUT2D eigenvalue weighted by atomic mass is 35.5. The van der Waals surface area contributed by atoms with Crippen LogP contribution in [0.15, 0.2) is 42.5 Å². The van der Waals surface area contributed by atoms with Crippen molar-refractivity contribution in [2.75, 3.05) is 25.3 Å². The zero-order valence-electron chi connectivity index (χ0n) is 14.8. The Labute approximate surface area is 166 Å². The highest BCUT2D eigenvalue weighted by molar-refractivity contribution is 7.99. The second kappa shape index (κ2) is 9.99. The Balaban J connectivity index is 2.01. The summed E-state index contributed by atoms with van der Waals surface area (Å²) in [4.78, 5) is 35.7. The van der Waals surface area contributed by atoms with Crippen molar-refractivity contribution in [1.29, 1.82) is 0 Å². The summed E-state index contributed by atoms with van der Waals surface area (Å²) in [5, 5.41) is 3.34. The molecule has 0 heterocycles. The van der Waals surface area contributed by atoms with Gasteiger partial charge < -0.3 is 14.8 Å². The molecule has 0 aromatic heterocycles. The number of esters is 2. The van der Waals surface area contributed by atoms with Crippen LogP contribution in [0.5, 0.6) is 0 Å². The Morgan fingerprint density at radius 3 is 2.04 bits per heavy atom. The number of hydrogen-bond donors (Lipinski definition) is 1. The smallest absolute Gasteiger partial charge is 0.337 e. The molecule has 1 amide bonds. The number of nitrogens with one attached hydrogen (secondary N) is 1. The first-order valence-electron chi connectivity index (χ1n) is 7.86. The molecule has 0 atom stereocenters. The van der Waals surface area contributed by atoms with Crippen molar-refractivity contribution in [2.45, 2.75) is 5.75 Å². The second-order valence-electron chi connectivity index (χ2n) is 5.45. The van der Waals surface area contributed by atoms with Crippen LogP contribution in [0.1, 0.15) is 26.3 Å². The fourth-order valence-corrected chi connectivity index (χ4v) is 3.12. The van der Waals surface area contributed by atoms with Gasteiger partial charge in [0.05, 0.1) is 31.1 Å². The van der Waals surface area contributed by atoms with E-state index in [0.717, 1.165) is 5.56 Å². The number of halogens is 1. The largest absolute Gasteiger partial charge is 0.465 e. The first-order valence-corrected chi connectivity index (χ1v) is 9.40. The van der Waals surface area contributed by atoms with E-state index < -0.39 is 11.9 Å². The van der Waals surface area contributed by atoms with E-state index in [1.165, 1.54) is 44.2 Å². The van der Waals surface area contributed by atoms with Crippen LogP contribution in [0.4, 0.5) is 5.69 Å². The number of benzene rings is 2. The van der Waals surface area contributed by atoms with Gasteiger partial charge in [0.2, 0.25) is 5.91 Å². The van der Waals surface area contributed by atoms with E-state index >= 15 is 0 Å². The molecule has 2 aromatic rings. The van der Waals surface area contributed by atoms with Crippen LogP contribution < -0.4 is 5.32 Å². The van der Waals surface area contributed by atoms with Gasteiger partial charge in [-0.3, -0.25) is 4.79 Å². The minimum atomic E-state index is -0.617. The van der Waals surface area contributed by atoms with Crippen molar-refractivity contribution in [3.05, 3.63) is 64.2 Å². The number of methoxy groups -OCH3 is 2. The third kappa shape index (κ3) is 6.30.